The third kappa shape index (κ3) is 6.76. The number of anilines is 2. The fourth-order valence-corrected chi connectivity index (χ4v) is 5.01. The van der Waals surface area contributed by atoms with Crippen LogP contribution in [0, 0.1) is 0 Å². The molecule has 2 amide bonds. The Kier molecular flexibility index (Phi) is 8.52. The Morgan fingerprint density at radius 1 is 1.00 bits per heavy atom. The van der Waals surface area contributed by atoms with Gasteiger partial charge in [-0.1, -0.05) is 30.3 Å². The maximum atomic E-state index is 13.3. The first-order valence-electron chi connectivity index (χ1n) is 14.6. The highest BCUT2D eigenvalue weighted by molar-refractivity contribution is 6.06. The van der Waals surface area contributed by atoms with Crippen LogP contribution >= 0.6 is 0 Å². The van der Waals surface area contributed by atoms with Crippen LogP contribution in [0.15, 0.2) is 83.8 Å². The quantitative estimate of drug-likeness (QED) is 0.143. The van der Waals surface area contributed by atoms with Gasteiger partial charge in [-0.25, -0.2) is 0 Å². The summed E-state index contributed by atoms with van der Waals surface area (Å²) in [5.41, 5.74) is 9.30. The third-order valence-corrected chi connectivity index (χ3v) is 7.43. The lowest BCUT2D eigenvalue weighted by molar-refractivity contribution is 0.0785. The van der Waals surface area contributed by atoms with Crippen molar-refractivity contribution in [2.24, 2.45) is 7.05 Å². The van der Waals surface area contributed by atoms with Crippen LogP contribution in [0.3, 0.4) is 0 Å². The van der Waals surface area contributed by atoms with Gasteiger partial charge in [-0.05, 0) is 81.3 Å². The number of nitrogens with two attached hydrogens (primary N) is 1. The molecule has 2 heterocycles. The van der Waals surface area contributed by atoms with Crippen molar-refractivity contribution in [3.63, 3.8) is 0 Å². The van der Waals surface area contributed by atoms with Crippen molar-refractivity contribution in [3.8, 4) is 16.9 Å². The fraction of sp³-hybridized carbons (Fsp3) is 0.229. The molecule has 0 aliphatic heterocycles. The lowest BCUT2D eigenvalue weighted by atomic mass is 9.93. The molecule has 0 saturated heterocycles. The van der Waals surface area contributed by atoms with E-state index in [-0.39, 0.29) is 35.3 Å². The largest absolute Gasteiger partial charge is 0.490 e. The number of nitrogen functional groups attached to an aromatic ring is 1. The Bertz CT molecular complexity index is 1950. The van der Waals surface area contributed by atoms with Gasteiger partial charge in [0.05, 0.1) is 23.1 Å². The maximum Gasteiger partial charge on any atom is 0.274 e. The molecule has 0 aliphatic carbocycles. The van der Waals surface area contributed by atoms with E-state index < -0.39 is 11.5 Å². The summed E-state index contributed by atoms with van der Waals surface area (Å²) in [6.07, 6.45) is 1.60. The summed E-state index contributed by atoms with van der Waals surface area (Å²) < 4.78 is 7.55. The summed E-state index contributed by atoms with van der Waals surface area (Å²) >= 11 is 0. The molecule has 3 aromatic carbocycles. The molecule has 5 rings (SSSR count). The molecule has 232 valence electrons. The third-order valence-electron chi connectivity index (χ3n) is 7.43. The number of aryl methyl sites for hydroxylation is 1. The van der Waals surface area contributed by atoms with Crippen molar-refractivity contribution >= 4 is 34.1 Å². The van der Waals surface area contributed by atoms with Gasteiger partial charge in [0.15, 0.2) is 0 Å². The monoisotopic (exact) mass is 607 g/mol. The Morgan fingerprint density at radius 3 is 2.38 bits per heavy atom. The molecule has 5 aromatic rings. The van der Waals surface area contributed by atoms with E-state index in [1.165, 1.54) is 4.57 Å². The summed E-state index contributed by atoms with van der Waals surface area (Å²) in [6.45, 7) is 7.45. The zero-order valence-electron chi connectivity index (χ0n) is 25.9. The smallest absolute Gasteiger partial charge is 0.274 e. The number of aliphatic hydroxyl groups is 1. The predicted molar refractivity (Wildman–Crippen MR) is 176 cm³/mol. The molecule has 0 unspecified atom stereocenters. The number of hydrogen-bond donors (Lipinski definition) is 5. The van der Waals surface area contributed by atoms with Gasteiger partial charge in [0.2, 0.25) is 0 Å². The number of carbonyl (C=O) groups is 2. The summed E-state index contributed by atoms with van der Waals surface area (Å²) in [5.74, 6) is -0.104. The molecule has 0 saturated carbocycles. The van der Waals surface area contributed by atoms with Crippen molar-refractivity contribution in [1.29, 1.82) is 0 Å². The van der Waals surface area contributed by atoms with E-state index in [0.717, 1.165) is 5.56 Å². The van der Waals surface area contributed by atoms with Crippen LogP contribution < -0.4 is 26.7 Å². The molecular weight excluding hydrogens is 570 g/mol. The number of H-pyrrole nitrogens is 1. The van der Waals surface area contributed by atoms with Gasteiger partial charge in [-0.3, -0.25) is 14.4 Å². The van der Waals surface area contributed by atoms with Gasteiger partial charge in [0.1, 0.15) is 17.0 Å². The molecule has 0 aliphatic rings. The summed E-state index contributed by atoms with van der Waals surface area (Å²) in [4.78, 5) is 42.0. The zero-order valence-corrected chi connectivity index (χ0v) is 25.9. The van der Waals surface area contributed by atoms with Crippen molar-refractivity contribution in [3.05, 3.63) is 112 Å². The van der Waals surface area contributed by atoms with Crippen LogP contribution in [-0.2, 0) is 19.2 Å². The highest BCUT2D eigenvalue weighted by Crippen LogP contribution is 2.38. The number of fused-ring (bicyclic) bond motifs is 1. The molecule has 45 heavy (non-hydrogen) atoms. The number of aromatic amines is 1. The van der Waals surface area contributed by atoms with E-state index in [1.807, 2.05) is 32.0 Å². The molecule has 10 nitrogen and oxygen atoms in total. The first-order valence-corrected chi connectivity index (χ1v) is 14.6. The van der Waals surface area contributed by atoms with Crippen LogP contribution in [0.2, 0.25) is 0 Å². The molecule has 0 radical (unpaired) electrons. The number of aromatic nitrogens is 2. The number of nitrogens with one attached hydrogen (secondary N) is 3. The minimum atomic E-state index is -1.11. The van der Waals surface area contributed by atoms with Crippen LogP contribution in [-0.4, -0.2) is 32.6 Å². The van der Waals surface area contributed by atoms with E-state index in [1.54, 1.807) is 81.7 Å². The number of pyridine rings is 1. The topological polar surface area (TPSA) is 151 Å². The first kappa shape index (κ1) is 31.1. The Morgan fingerprint density at radius 2 is 1.71 bits per heavy atom. The summed E-state index contributed by atoms with van der Waals surface area (Å²) in [5, 5.41) is 16.9. The molecule has 10 heteroatoms. The van der Waals surface area contributed by atoms with Gasteiger partial charge in [0, 0.05) is 41.9 Å². The minimum Gasteiger partial charge on any atom is -0.490 e. The fourth-order valence-electron chi connectivity index (χ4n) is 5.01. The second-order valence-electron chi connectivity index (χ2n) is 11.8. The zero-order chi connectivity index (χ0) is 32.5. The van der Waals surface area contributed by atoms with E-state index in [9.17, 15) is 19.5 Å². The number of ether oxygens (including phenoxy) is 1. The lowest BCUT2D eigenvalue weighted by Gasteiger charge is -2.22. The molecule has 0 fully saturated rings. The second kappa shape index (κ2) is 12.3. The Labute approximate surface area is 260 Å². The van der Waals surface area contributed by atoms with Gasteiger partial charge < -0.3 is 35.8 Å². The molecule has 0 spiro atoms. The molecular formula is C35H37N5O5. The number of benzene rings is 3. The van der Waals surface area contributed by atoms with Gasteiger partial charge >= 0.3 is 0 Å². The average Bonchev–Trinajstić information content (AvgIpc) is 3.45. The van der Waals surface area contributed by atoms with Crippen LogP contribution in [0.5, 0.6) is 5.75 Å². The standard InChI is InChI=1S/C35H37N5O5/c1-20(2)45-30-15-14-23(35(3,4)44)16-24(30)26-19-40(5)34(43)31-25(26)17-29(38-31)33(42)37-18-21-10-12-22(13-11-21)32(41)39-28-9-7-6-8-27(28)36/h6-17,19-20,38,44H,18,36H2,1-5H3,(H,37,42)(H,39,41). The second-order valence-corrected chi connectivity index (χ2v) is 11.8. The van der Waals surface area contributed by atoms with Crippen molar-refractivity contribution < 1.29 is 19.4 Å². The number of hydrogen-bond acceptors (Lipinski definition) is 6. The SMILES string of the molecule is CC(C)Oc1ccc(C(C)(C)O)cc1-c1cn(C)c(=O)c2[nH]c(C(=O)NCc3ccc(C(=O)Nc4ccccc4N)cc3)cc12. The van der Waals surface area contributed by atoms with Crippen LogP contribution in [0.1, 0.15) is 59.7 Å². The molecule has 0 bridgehead atoms. The number of nitrogens with zero attached hydrogens (tertiary/aromatic N) is 1. The number of amides is 2. The van der Waals surface area contributed by atoms with E-state index >= 15 is 0 Å². The van der Waals surface area contributed by atoms with Crippen molar-refractivity contribution in [1.82, 2.24) is 14.9 Å². The van der Waals surface area contributed by atoms with Gasteiger partial charge in [0.25, 0.3) is 17.4 Å². The summed E-state index contributed by atoms with van der Waals surface area (Å²) in [7, 11) is 1.65. The van der Waals surface area contributed by atoms with Crippen molar-refractivity contribution in [2.75, 3.05) is 11.1 Å². The number of para-hydroxylation sites is 2. The van der Waals surface area contributed by atoms with Gasteiger partial charge in [-0.15, -0.1) is 0 Å². The Balaban J connectivity index is 1.39. The predicted octanol–water partition coefficient (Wildman–Crippen LogP) is 5.31. The highest BCUT2D eigenvalue weighted by atomic mass is 16.5. The minimum absolute atomic E-state index is 0.113. The normalized spacial score (nSPS) is 11.5. The molecule has 6 N–H and O–H groups in total. The van der Waals surface area contributed by atoms with Gasteiger partial charge in [-0.2, -0.15) is 0 Å². The maximum absolute atomic E-state index is 13.3. The Hall–Kier alpha value is -5.35. The van der Waals surface area contributed by atoms with E-state index in [0.29, 0.717) is 44.8 Å². The van der Waals surface area contributed by atoms with E-state index in [4.69, 9.17) is 10.5 Å². The number of carbonyl (C=O) groups excluding carboxylic acids is 2. The molecule has 0 atom stereocenters. The van der Waals surface area contributed by atoms with Crippen molar-refractivity contribution in [2.45, 2.75) is 45.9 Å². The highest BCUT2D eigenvalue weighted by Gasteiger charge is 2.22. The number of rotatable bonds is 9. The lowest BCUT2D eigenvalue weighted by Crippen LogP contribution is -2.23. The van der Waals surface area contributed by atoms with E-state index in [2.05, 4.69) is 15.6 Å². The first-order chi connectivity index (χ1) is 21.3. The molecule has 2 aromatic heterocycles. The average molecular weight is 608 g/mol. The van der Waals surface area contributed by atoms with Crippen LogP contribution in [0.4, 0.5) is 11.4 Å². The summed E-state index contributed by atoms with van der Waals surface area (Å²) in [6, 6.07) is 21.0. The van der Waals surface area contributed by atoms with Crippen LogP contribution in [0.25, 0.3) is 22.0 Å².